The number of ether oxygens (including phenoxy) is 3. The third-order valence-electron chi connectivity index (χ3n) is 3.40. The van der Waals surface area contributed by atoms with E-state index in [-0.39, 0.29) is 17.4 Å². The van der Waals surface area contributed by atoms with Gasteiger partial charge in [-0.2, -0.15) is 0 Å². The maximum atomic E-state index is 13.6. The molecule has 0 saturated carbocycles. The van der Waals surface area contributed by atoms with Gasteiger partial charge in [-0.1, -0.05) is 6.07 Å². The number of benzene rings is 2. The minimum Gasteiger partial charge on any atom is -0.497 e. The number of carbonyl (C=O) groups excluding carboxylic acids is 1. The van der Waals surface area contributed by atoms with E-state index in [1.54, 1.807) is 37.4 Å². The second-order valence-electron chi connectivity index (χ2n) is 5.08. The zero-order valence-electron chi connectivity index (χ0n) is 14.3. The number of anilines is 1. The normalized spacial score (nSPS) is 10.2. The van der Waals surface area contributed by atoms with Crippen molar-refractivity contribution in [2.75, 3.05) is 32.4 Å². The largest absolute Gasteiger partial charge is 0.497 e. The van der Waals surface area contributed by atoms with E-state index in [0.717, 1.165) is 5.56 Å². The molecule has 7 heteroatoms. The number of methoxy groups -OCH3 is 3. The van der Waals surface area contributed by atoms with Gasteiger partial charge in [0, 0.05) is 11.8 Å². The Hall–Kier alpha value is -2.41. The van der Waals surface area contributed by atoms with Gasteiger partial charge in [0.25, 0.3) is 0 Å². The quantitative estimate of drug-likeness (QED) is 0.773. The summed E-state index contributed by atoms with van der Waals surface area (Å²) in [6, 6.07) is 9.93. The molecule has 2 aromatic rings. The summed E-state index contributed by atoms with van der Waals surface area (Å²) in [5.74, 6) is 1.54. The zero-order valence-corrected chi connectivity index (χ0v) is 15.1. The molecule has 1 N–H and O–H groups in total. The molecule has 0 spiro atoms. The summed E-state index contributed by atoms with van der Waals surface area (Å²) in [7, 11) is 4.51. The fourth-order valence-corrected chi connectivity index (χ4v) is 2.93. The predicted molar refractivity (Wildman–Crippen MR) is 97.3 cm³/mol. The smallest absolute Gasteiger partial charge is 0.234 e. The molecule has 2 aromatic carbocycles. The molecule has 5 nitrogen and oxygen atoms in total. The number of amides is 1. The van der Waals surface area contributed by atoms with Crippen molar-refractivity contribution in [3.63, 3.8) is 0 Å². The maximum Gasteiger partial charge on any atom is 0.234 e. The summed E-state index contributed by atoms with van der Waals surface area (Å²) in [5, 5.41) is 2.79. The summed E-state index contributed by atoms with van der Waals surface area (Å²) in [6.45, 7) is 0. The molecule has 2 rings (SSSR count). The highest BCUT2D eigenvalue weighted by Gasteiger charge is 2.10. The molecule has 0 unspecified atom stereocenters. The van der Waals surface area contributed by atoms with Crippen molar-refractivity contribution in [2.24, 2.45) is 0 Å². The van der Waals surface area contributed by atoms with Gasteiger partial charge in [0.15, 0.2) is 11.6 Å². The van der Waals surface area contributed by atoms with Gasteiger partial charge in [-0.15, -0.1) is 11.8 Å². The molecular formula is C18H20FNO4S. The number of halogens is 1. The summed E-state index contributed by atoms with van der Waals surface area (Å²) in [5.41, 5.74) is 1.33. The second kappa shape index (κ2) is 9.17. The van der Waals surface area contributed by atoms with Gasteiger partial charge in [0.1, 0.15) is 11.5 Å². The molecule has 0 aliphatic rings. The van der Waals surface area contributed by atoms with E-state index in [9.17, 15) is 9.18 Å². The first-order chi connectivity index (χ1) is 12.1. The molecule has 134 valence electrons. The van der Waals surface area contributed by atoms with Crippen LogP contribution in [0.2, 0.25) is 0 Å². The van der Waals surface area contributed by atoms with E-state index in [0.29, 0.717) is 22.9 Å². The first kappa shape index (κ1) is 18.9. The van der Waals surface area contributed by atoms with E-state index in [1.807, 2.05) is 0 Å². The molecule has 0 aromatic heterocycles. The van der Waals surface area contributed by atoms with Gasteiger partial charge in [0.2, 0.25) is 5.91 Å². The molecule has 1 amide bonds. The van der Waals surface area contributed by atoms with Crippen LogP contribution in [-0.2, 0) is 10.5 Å². The Morgan fingerprint density at radius 3 is 2.40 bits per heavy atom. The summed E-state index contributed by atoms with van der Waals surface area (Å²) in [6.07, 6.45) is 0. The van der Waals surface area contributed by atoms with E-state index in [1.165, 1.54) is 32.0 Å². The monoisotopic (exact) mass is 365 g/mol. The number of nitrogens with one attached hydrogen (secondary N) is 1. The van der Waals surface area contributed by atoms with E-state index >= 15 is 0 Å². The Morgan fingerprint density at radius 1 is 1.04 bits per heavy atom. The van der Waals surface area contributed by atoms with Gasteiger partial charge >= 0.3 is 0 Å². The highest BCUT2D eigenvalue weighted by molar-refractivity contribution is 7.99. The van der Waals surface area contributed by atoms with Gasteiger partial charge in [0.05, 0.1) is 32.8 Å². The van der Waals surface area contributed by atoms with Crippen molar-refractivity contribution in [1.82, 2.24) is 0 Å². The Kier molecular flexibility index (Phi) is 6.94. The average molecular weight is 365 g/mol. The van der Waals surface area contributed by atoms with Crippen LogP contribution in [-0.4, -0.2) is 33.0 Å². The van der Waals surface area contributed by atoms with Crippen LogP contribution in [0.5, 0.6) is 17.2 Å². The van der Waals surface area contributed by atoms with Crippen molar-refractivity contribution in [3.05, 3.63) is 47.8 Å². The highest BCUT2D eigenvalue weighted by Crippen LogP contribution is 2.29. The van der Waals surface area contributed by atoms with Crippen LogP contribution in [0, 0.1) is 5.82 Å². The van der Waals surface area contributed by atoms with Crippen molar-refractivity contribution in [2.45, 2.75) is 5.75 Å². The highest BCUT2D eigenvalue weighted by atomic mass is 32.2. The van der Waals surface area contributed by atoms with Crippen LogP contribution in [0.15, 0.2) is 36.4 Å². The SMILES string of the molecule is COc1ccc(OC)c(NC(=O)CSCc2ccc(OC)c(F)c2)c1. The van der Waals surface area contributed by atoms with Gasteiger partial charge in [-0.05, 0) is 29.8 Å². The molecule has 0 bridgehead atoms. The van der Waals surface area contributed by atoms with Crippen LogP contribution < -0.4 is 19.5 Å². The van der Waals surface area contributed by atoms with Crippen molar-refractivity contribution in [1.29, 1.82) is 0 Å². The third kappa shape index (κ3) is 5.29. The van der Waals surface area contributed by atoms with Gasteiger partial charge < -0.3 is 19.5 Å². The molecule has 0 heterocycles. The van der Waals surface area contributed by atoms with E-state index < -0.39 is 5.82 Å². The molecule has 0 saturated heterocycles. The molecule has 25 heavy (non-hydrogen) atoms. The number of thioether (sulfide) groups is 1. The molecule has 0 atom stereocenters. The Morgan fingerprint density at radius 2 is 1.76 bits per heavy atom. The predicted octanol–water partition coefficient (Wildman–Crippen LogP) is 3.72. The lowest BCUT2D eigenvalue weighted by atomic mass is 10.2. The lowest BCUT2D eigenvalue weighted by Crippen LogP contribution is -2.15. The number of rotatable bonds is 8. The third-order valence-corrected chi connectivity index (χ3v) is 4.40. The molecule has 0 fully saturated rings. The summed E-state index contributed by atoms with van der Waals surface area (Å²) >= 11 is 1.39. The average Bonchev–Trinajstić information content (AvgIpc) is 2.61. The molecule has 0 aliphatic heterocycles. The lowest BCUT2D eigenvalue weighted by Gasteiger charge is -2.11. The minimum atomic E-state index is -0.411. The Labute approximate surface area is 150 Å². The number of hydrogen-bond acceptors (Lipinski definition) is 5. The topological polar surface area (TPSA) is 56.8 Å². The number of carbonyl (C=O) groups is 1. The van der Waals surface area contributed by atoms with E-state index in [4.69, 9.17) is 14.2 Å². The summed E-state index contributed by atoms with van der Waals surface area (Å²) in [4.78, 5) is 12.1. The van der Waals surface area contributed by atoms with Gasteiger partial charge in [-0.25, -0.2) is 4.39 Å². The van der Waals surface area contributed by atoms with Crippen LogP contribution >= 0.6 is 11.8 Å². The fraction of sp³-hybridized carbons (Fsp3) is 0.278. The first-order valence-corrected chi connectivity index (χ1v) is 8.65. The van der Waals surface area contributed by atoms with E-state index in [2.05, 4.69) is 5.32 Å². The van der Waals surface area contributed by atoms with Crippen LogP contribution in [0.4, 0.5) is 10.1 Å². The molecule has 0 aliphatic carbocycles. The zero-order chi connectivity index (χ0) is 18.2. The summed E-state index contributed by atoms with van der Waals surface area (Å²) < 4.78 is 28.9. The van der Waals surface area contributed by atoms with Crippen LogP contribution in [0.1, 0.15) is 5.56 Å². The van der Waals surface area contributed by atoms with Crippen molar-refractivity contribution >= 4 is 23.4 Å². The lowest BCUT2D eigenvalue weighted by molar-refractivity contribution is -0.113. The Balaban J connectivity index is 1.90. The van der Waals surface area contributed by atoms with Crippen molar-refractivity contribution in [3.8, 4) is 17.2 Å². The minimum absolute atomic E-state index is 0.175. The van der Waals surface area contributed by atoms with Crippen LogP contribution in [0.25, 0.3) is 0 Å². The van der Waals surface area contributed by atoms with Gasteiger partial charge in [-0.3, -0.25) is 4.79 Å². The molecule has 0 radical (unpaired) electrons. The Bertz CT molecular complexity index is 739. The first-order valence-electron chi connectivity index (χ1n) is 7.49. The second-order valence-corrected chi connectivity index (χ2v) is 6.06. The molecular weight excluding hydrogens is 345 g/mol. The fourth-order valence-electron chi connectivity index (χ4n) is 2.16. The standard InChI is InChI=1S/C18H20FNO4S/c1-22-13-5-7-17(24-3)15(9-13)20-18(21)11-25-10-12-4-6-16(23-2)14(19)8-12/h4-9H,10-11H2,1-3H3,(H,20,21). The van der Waals surface area contributed by atoms with Crippen LogP contribution in [0.3, 0.4) is 0 Å². The maximum absolute atomic E-state index is 13.6. The number of hydrogen-bond donors (Lipinski definition) is 1. The van der Waals surface area contributed by atoms with Crippen molar-refractivity contribution < 1.29 is 23.4 Å².